The molecule has 2 aromatic rings. The molecule has 2 rings (SSSR count). The van der Waals surface area contributed by atoms with Crippen LogP contribution in [0.5, 0.6) is 5.75 Å². The zero-order chi connectivity index (χ0) is 28.6. The second kappa shape index (κ2) is 22.6. The number of non-ortho nitro benzene ring substituents is 1. The number of aldehydes is 1. The second-order valence-corrected chi connectivity index (χ2v) is 7.36. The number of aliphatic carboxylic acids is 2. The third kappa shape index (κ3) is 19.0. The zero-order valence-corrected chi connectivity index (χ0v) is 21.2. The number of nitro groups is 1. The first-order valence-corrected chi connectivity index (χ1v) is 11.5. The van der Waals surface area contributed by atoms with Crippen LogP contribution in [0, 0.1) is 10.1 Å². The molecule has 0 saturated carbocycles. The van der Waals surface area contributed by atoms with E-state index in [2.05, 4.69) is 0 Å². The third-order valence-electron chi connectivity index (χ3n) is 4.40. The van der Waals surface area contributed by atoms with Crippen LogP contribution < -0.4 is 21.9 Å². The number of carbonyl (C=O) groups is 3. The molecule has 12 heteroatoms. The average Bonchev–Trinajstić information content (AvgIpc) is 2.89. The molecular weight excluding hydrogens is 484 g/mol. The van der Waals surface area contributed by atoms with Gasteiger partial charge in [-0.05, 0) is 44.0 Å². The summed E-state index contributed by atoms with van der Waals surface area (Å²) in [5, 5.41) is 26.4. The van der Waals surface area contributed by atoms with Gasteiger partial charge in [-0.3, -0.25) is 24.5 Å². The molecule has 0 aliphatic rings. The van der Waals surface area contributed by atoms with E-state index in [1.807, 2.05) is 31.2 Å². The van der Waals surface area contributed by atoms with Crippen molar-refractivity contribution in [3.63, 3.8) is 0 Å². The minimum atomic E-state index is -0.933. The van der Waals surface area contributed by atoms with Crippen LogP contribution in [0.15, 0.2) is 48.5 Å². The highest BCUT2D eigenvalue weighted by Crippen LogP contribution is 2.15. The van der Waals surface area contributed by atoms with E-state index in [1.165, 1.54) is 24.3 Å². The Balaban J connectivity index is 0. The summed E-state index contributed by atoms with van der Waals surface area (Å²) in [5.74, 6) is -0.778. The zero-order valence-electron chi connectivity index (χ0n) is 21.2. The molecule has 206 valence electrons. The largest absolute Gasteiger partial charge is 0.496 e. The van der Waals surface area contributed by atoms with Gasteiger partial charge in [0, 0.05) is 36.2 Å². The minimum Gasteiger partial charge on any atom is -0.496 e. The molecule has 12 nitrogen and oxygen atoms in total. The summed E-state index contributed by atoms with van der Waals surface area (Å²) in [4.78, 5) is 39.5. The highest BCUT2D eigenvalue weighted by Gasteiger charge is 2.09. The molecule has 0 amide bonds. The van der Waals surface area contributed by atoms with Crippen LogP contribution in [0.2, 0.25) is 0 Å². The van der Waals surface area contributed by atoms with Crippen molar-refractivity contribution in [2.24, 2.45) is 17.2 Å². The van der Waals surface area contributed by atoms with Crippen LogP contribution in [-0.2, 0) is 16.1 Å². The van der Waals surface area contributed by atoms with Gasteiger partial charge in [0.15, 0.2) is 0 Å². The number of hydrogen-bond donors (Lipinski definition) is 5. The number of carboxylic acids is 2. The Morgan fingerprint density at radius 2 is 1.68 bits per heavy atom. The predicted octanol–water partition coefficient (Wildman–Crippen LogP) is 2.96. The van der Waals surface area contributed by atoms with E-state index in [0.29, 0.717) is 37.8 Å². The first-order valence-electron chi connectivity index (χ1n) is 11.5. The second-order valence-electron chi connectivity index (χ2n) is 7.36. The summed E-state index contributed by atoms with van der Waals surface area (Å²) < 4.78 is 5.06. The molecule has 0 radical (unpaired) electrons. The Labute approximate surface area is 216 Å². The van der Waals surface area contributed by atoms with Crippen molar-refractivity contribution in [3.05, 3.63) is 69.8 Å². The number of benzene rings is 2. The number of nitrogens with zero attached hydrogens (tertiary/aromatic N) is 1. The van der Waals surface area contributed by atoms with Gasteiger partial charge in [0.05, 0.1) is 12.0 Å². The Hall–Kier alpha value is -3.87. The van der Waals surface area contributed by atoms with Crippen molar-refractivity contribution in [2.75, 3.05) is 13.7 Å². The number of hydrogen-bond acceptors (Lipinski definition) is 9. The van der Waals surface area contributed by atoms with E-state index in [0.717, 1.165) is 30.6 Å². The quantitative estimate of drug-likeness (QED) is 0.125. The SMILES string of the molecule is CCCC(=O)O.COc1ccccc1CN.NCCCC[C@H](N)C(=O)O.O=Cc1ccc([N+](=O)[O-])cc1. The lowest BCUT2D eigenvalue weighted by atomic mass is 10.1. The minimum absolute atomic E-state index is 0.00407. The summed E-state index contributed by atoms with van der Waals surface area (Å²) in [6, 6.07) is 12.4. The van der Waals surface area contributed by atoms with Crippen LogP contribution in [0.3, 0.4) is 0 Å². The van der Waals surface area contributed by atoms with Gasteiger partial charge >= 0.3 is 11.9 Å². The molecule has 0 fully saturated rings. The normalized spacial score (nSPS) is 10.1. The molecule has 0 unspecified atom stereocenters. The highest BCUT2D eigenvalue weighted by atomic mass is 16.6. The molecule has 8 N–H and O–H groups in total. The van der Waals surface area contributed by atoms with E-state index in [4.69, 9.17) is 32.2 Å². The maximum atomic E-state index is 10.1. The Bertz CT molecular complexity index is 900. The van der Waals surface area contributed by atoms with E-state index >= 15 is 0 Å². The molecular formula is C25H38N4O8. The van der Waals surface area contributed by atoms with E-state index < -0.39 is 22.9 Å². The van der Waals surface area contributed by atoms with Gasteiger partial charge in [-0.15, -0.1) is 0 Å². The molecule has 37 heavy (non-hydrogen) atoms. The maximum Gasteiger partial charge on any atom is 0.320 e. The number of nitro benzene ring substituents is 1. The van der Waals surface area contributed by atoms with Crippen molar-refractivity contribution in [1.82, 2.24) is 0 Å². The Kier molecular flexibility index (Phi) is 21.5. The van der Waals surface area contributed by atoms with Crippen LogP contribution in [0.25, 0.3) is 0 Å². The number of nitrogens with two attached hydrogens (primary N) is 3. The first-order chi connectivity index (χ1) is 17.6. The van der Waals surface area contributed by atoms with Gasteiger partial charge in [-0.2, -0.15) is 0 Å². The number of carbonyl (C=O) groups excluding carboxylic acids is 1. The van der Waals surface area contributed by atoms with Crippen molar-refractivity contribution >= 4 is 23.9 Å². The third-order valence-corrected chi connectivity index (χ3v) is 4.40. The van der Waals surface area contributed by atoms with E-state index in [9.17, 15) is 24.5 Å². The van der Waals surface area contributed by atoms with Crippen LogP contribution in [-0.4, -0.2) is 53.1 Å². The van der Waals surface area contributed by atoms with Gasteiger partial charge in [0.25, 0.3) is 5.69 Å². The number of unbranched alkanes of at least 4 members (excludes halogenated alkanes) is 1. The number of methoxy groups -OCH3 is 1. The van der Waals surface area contributed by atoms with Crippen molar-refractivity contribution in [2.45, 2.75) is 51.6 Å². The van der Waals surface area contributed by atoms with E-state index in [-0.39, 0.29) is 5.69 Å². The molecule has 2 aromatic carbocycles. The highest BCUT2D eigenvalue weighted by molar-refractivity contribution is 5.75. The molecule has 0 spiro atoms. The molecule has 0 aliphatic heterocycles. The summed E-state index contributed by atoms with van der Waals surface area (Å²) in [5.41, 5.74) is 17.3. The summed E-state index contributed by atoms with van der Waals surface area (Å²) in [7, 11) is 1.65. The Morgan fingerprint density at radius 1 is 1.08 bits per heavy atom. The molecule has 1 atom stereocenters. The summed E-state index contributed by atoms with van der Waals surface area (Å²) >= 11 is 0. The topological polar surface area (TPSA) is 222 Å². The monoisotopic (exact) mass is 522 g/mol. The van der Waals surface area contributed by atoms with Gasteiger partial charge in [0.1, 0.15) is 18.1 Å². The lowest BCUT2D eigenvalue weighted by Gasteiger charge is -2.03. The number of carboxylic acid groups (broad SMARTS) is 2. The molecule has 0 aromatic heterocycles. The fourth-order valence-electron chi connectivity index (χ4n) is 2.39. The molecule has 0 bridgehead atoms. The number of para-hydroxylation sites is 1. The summed E-state index contributed by atoms with van der Waals surface area (Å²) in [6.45, 7) is 2.98. The van der Waals surface area contributed by atoms with Crippen LogP contribution in [0.4, 0.5) is 5.69 Å². The fraction of sp³-hybridized carbons (Fsp3) is 0.400. The van der Waals surface area contributed by atoms with Gasteiger partial charge in [-0.25, -0.2) is 0 Å². The number of rotatable bonds is 11. The standard InChI is InChI=1S/C8H11NO.C7H5NO3.C6H14N2O2.C4H8O2/c1-10-8-5-3-2-4-7(8)6-9;9-5-6-1-3-7(4-2-6)8(10)11;7-4-2-1-3-5(8)6(9)10;1-2-3-4(5)6/h2-5H,6,9H2,1H3;1-5H;5H,1-4,7-8H2,(H,9,10);2-3H2,1H3,(H,5,6)/t;;5-;/m..0./s1. The van der Waals surface area contributed by atoms with Crippen molar-refractivity contribution < 1.29 is 34.3 Å². The first kappa shape index (κ1) is 35.3. The van der Waals surface area contributed by atoms with E-state index in [1.54, 1.807) is 7.11 Å². The molecule has 0 aliphatic carbocycles. The lowest BCUT2D eigenvalue weighted by Crippen LogP contribution is -2.29. The Morgan fingerprint density at radius 3 is 2.03 bits per heavy atom. The maximum absolute atomic E-state index is 10.1. The van der Waals surface area contributed by atoms with Crippen LogP contribution >= 0.6 is 0 Å². The van der Waals surface area contributed by atoms with Gasteiger partial charge in [0.2, 0.25) is 0 Å². The van der Waals surface area contributed by atoms with Crippen LogP contribution in [0.1, 0.15) is 54.9 Å². The average molecular weight is 523 g/mol. The van der Waals surface area contributed by atoms with Gasteiger partial charge in [-0.1, -0.05) is 31.5 Å². The van der Waals surface area contributed by atoms with Crippen molar-refractivity contribution in [1.29, 1.82) is 0 Å². The smallest absolute Gasteiger partial charge is 0.320 e. The summed E-state index contributed by atoms with van der Waals surface area (Å²) in [6.07, 6.45) is 3.83. The predicted molar refractivity (Wildman–Crippen MR) is 140 cm³/mol. The van der Waals surface area contributed by atoms with Gasteiger partial charge < -0.3 is 32.2 Å². The molecule has 0 heterocycles. The lowest BCUT2D eigenvalue weighted by molar-refractivity contribution is -0.384. The molecule has 0 saturated heterocycles. The van der Waals surface area contributed by atoms with Crippen molar-refractivity contribution in [3.8, 4) is 5.75 Å². The fourth-order valence-corrected chi connectivity index (χ4v) is 2.39. The number of ether oxygens (including phenoxy) is 1.